The van der Waals surface area contributed by atoms with Crippen LogP contribution in [0.4, 0.5) is 32.3 Å². The summed E-state index contributed by atoms with van der Waals surface area (Å²) in [5.74, 6) is -0.455. The van der Waals surface area contributed by atoms with Crippen LogP contribution in [0.2, 0.25) is 0 Å². The Bertz CT molecular complexity index is 1030. The predicted octanol–water partition coefficient (Wildman–Crippen LogP) is 4.78. The number of nitrogens with zero attached hydrogens (tertiary/aromatic N) is 1. The van der Waals surface area contributed by atoms with Crippen molar-refractivity contribution in [3.8, 4) is 0 Å². The van der Waals surface area contributed by atoms with Gasteiger partial charge >= 0.3 is 12.5 Å². The van der Waals surface area contributed by atoms with Crippen molar-refractivity contribution < 1.29 is 35.9 Å². The highest BCUT2D eigenvalue weighted by molar-refractivity contribution is 5.79. The van der Waals surface area contributed by atoms with Gasteiger partial charge in [-0.3, -0.25) is 9.53 Å². The Morgan fingerprint density at radius 2 is 1.81 bits per heavy atom. The molecule has 1 unspecified atom stereocenters. The number of carbonyl (C=O) groups is 1. The van der Waals surface area contributed by atoms with E-state index in [-0.39, 0.29) is 17.9 Å². The van der Waals surface area contributed by atoms with Gasteiger partial charge in [0, 0.05) is 6.54 Å². The number of hydrogen-bond donors (Lipinski definition) is 3. The number of para-hydroxylation sites is 2. The lowest BCUT2D eigenvalue weighted by Crippen LogP contribution is -2.31. The minimum atomic E-state index is -4.83. The van der Waals surface area contributed by atoms with Crippen LogP contribution < -0.4 is 10.6 Å². The third-order valence-electron chi connectivity index (χ3n) is 4.40. The first-order valence-corrected chi connectivity index (χ1v) is 9.37. The van der Waals surface area contributed by atoms with Crippen LogP contribution in [0.15, 0.2) is 48.5 Å². The molecule has 1 heterocycles. The molecule has 1 aromatic heterocycles. The van der Waals surface area contributed by atoms with Gasteiger partial charge in [0.2, 0.25) is 11.9 Å². The molecule has 32 heavy (non-hydrogen) atoms. The highest BCUT2D eigenvalue weighted by Crippen LogP contribution is 2.32. The quantitative estimate of drug-likeness (QED) is 0.334. The summed E-state index contributed by atoms with van der Waals surface area (Å²) in [4.78, 5) is 19.5. The van der Waals surface area contributed by atoms with Crippen LogP contribution in [0.3, 0.4) is 0 Å². The normalized spacial score (nSPS) is 13.2. The molecule has 1 atom stereocenters. The van der Waals surface area contributed by atoms with Crippen molar-refractivity contribution in [1.82, 2.24) is 15.3 Å². The number of aromatic nitrogens is 2. The molecule has 1 amide bonds. The zero-order chi connectivity index (χ0) is 23.4. The Morgan fingerprint density at radius 3 is 2.50 bits per heavy atom. The topological polar surface area (TPSA) is 79.0 Å². The van der Waals surface area contributed by atoms with E-state index in [4.69, 9.17) is 0 Å². The first-order chi connectivity index (χ1) is 15.0. The summed E-state index contributed by atoms with van der Waals surface area (Å²) in [5.41, 5.74) is 0.533. The van der Waals surface area contributed by atoms with Crippen molar-refractivity contribution in [2.75, 3.05) is 18.5 Å². The van der Waals surface area contributed by atoms with Gasteiger partial charge in [-0.15, -0.1) is 13.2 Å². The van der Waals surface area contributed by atoms with Crippen LogP contribution in [0.25, 0.3) is 11.0 Å². The number of benzene rings is 2. The summed E-state index contributed by atoms with van der Waals surface area (Å²) in [6, 6.07) is 10.5. The molecule has 0 aliphatic heterocycles. The summed E-state index contributed by atoms with van der Waals surface area (Å²) < 4.78 is 79.1. The number of aromatic amines is 1. The molecule has 3 aromatic rings. The largest absolute Gasteiger partial charge is 0.522 e. The SMILES string of the molecule is O=C(CC(Nc1nc2ccccc2[nH]1)c1cccc(C(F)(F)F)c1)NCCOC(F)(F)F. The lowest BCUT2D eigenvalue weighted by molar-refractivity contribution is -0.323. The van der Waals surface area contributed by atoms with Crippen molar-refractivity contribution in [3.63, 3.8) is 0 Å². The van der Waals surface area contributed by atoms with Gasteiger partial charge < -0.3 is 15.6 Å². The van der Waals surface area contributed by atoms with Gasteiger partial charge in [0.25, 0.3) is 0 Å². The summed E-state index contributed by atoms with van der Waals surface area (Å²) in [7, 11) is 0. The summed E-state index contributed by atoms with van der Waals surface area (Å²) in [5, 5.41) is 5.16. The molecule has 12 heteroatoms. The highest BCUT2D eigenvalue weighted by atomic mass is 19.4. The predicted molar refractivity (Wildman–Crippen MR) is 104 cm³/mol. The molecule has 0 fully saturated rings. The number of imidazole rings is 1. The zero-order valence-corrected chi connectivity index (χ0v) is 16.3. The summed E-state index contributed by atoms with van der Waals surface area (Å²) in [6.07, 6.45) is -9.77. The molecule has 0 spiro atoms. The number of rotatable bonds is 8. The molecule has 6 nitrogen and oxygen atoms in total. The highest BCUT2D eigenvalue weighted by Gasteiger charge is 2.31. The molecular formula is C20H18F6N4O2. The number of anilines is 1. The second-order valence-corrected chi connectivity index (χ2v) is 6.77. The van der Waals surface area contributed by atoms with Crippen LogP contribution in [-0.2, 0) is 15.7 Å². The van der Waals surface area contributed by atoms with E-state index in [9.17, 15) is 31.1 Å². The van der Waals surface area contributed by atoms with E-state index in [1.807, 2.05) is 0 Å². The Labute approximate surface area is 178 Å². The number of ether oxygens (including phenoxy) is 1. The van der Waals surface area contributed by atoms with E-state index in [0.29, 0.717) is 11.0 Å². The number of nitrogens with one attached hydrogen (secondary N) is 3. The second kappa shape index (κ2) is 9.47. The van der Waals surface area contributed by atoms with Crippen molar-refractivity contribution in [2.45, 2.75) is 25.0 Å². The number of amides is 1. The molecule has 3 N–H and O–H groups in total. The Kier molecular flexibility index (Phi) is 6.92. The molecule has 0 radical (unpaired) electrons. The maximum Gasteiger partial charge on any atom is 0.522 e. The molecule has 0 aliphatic rings. The third-order valence-corrected chi connectivity index (χ3v) is 4.40. The van der Waals surface area contributed by atoms with Gasteiger partial charge in [-0.25, -0.2) is 4.98 Å². The van der Waals surface area contributed by atoms with Crippen LogP contribution in [0.1, 0.15) is 23.6 Å². The number of H-pyrrole nitrogens is 1. The minimum Gasteiger partial charge on any atom is -0.354 e. The monoisotopic (exact) mass is 460 g/mol. The van der Waals surface area contributed by atoms with Crippen molar-refractivity contribution in [3.05, 3.63) is 59.7 Å². The standard InChI is InChI=1S/C20H18F6N4O2/c21-19(22,23)13-5-3-4-12(10-13)16(11-17(31)27-8-9-32-20(24,25)26)30-18-28-14-6-1-2-7-15(14)29-18/h1-7,10,16H,8-9,11H2,(H,27,31)(H2,28,29,30). The van der Waals surface area contributed by atoms with Crippen LogP contribution in [-0.4, -0.2) is 35.4 Å². The van der Waals surface area contributed by atoms with Crippen LogP contribution >= 0.6 is 0 Å². The summed E-state index contributed by atoms with van der Waals surface area (Å²) >= 11 is 0. The molecule has 0 saturated carbocycles. The Balaban J connectivity index is 1.77. The van der Waals surface area contributed by atoms with E-state index in [2.05, 4.69) is 25.3 Å². The average molecular weight is 460 g/mol. The van der Waals surface area contributed by atoms with E-state index >= 15 is 0 Å². The number of halogens is 6. The van der Waals surface area contributed by atoms with Gasteiger partial charge in [-0.05, 0) is 29.8 Å². The molecule has 0 saturated heterocycles. The first kappa shape index (κ1) is 23.4. The Hall–Kier alpha value is -3.28. The first-order valence-electron chi connectivity index (χ1n) is 9.37. The maximum absolute atomic E-state index is 13.1. The van der Waals surface area contributed by atoms with Gasteiger partial charge in [0.1, 0.15) is 0 Å². The second-order valence-electron chi connectivity index (χ2n) is 6.77. The van der Waals surface area contributed by atoms with E-state index in [1.54, 1.807) is 24.3 Å². The fourth-order valence-corrected chi connectivity index (χ4v) is 2.98. The van der Waals surface area contributed by atoms with Crippen LogP contribution in [0.5, 0.6) is 0 Å². The molecule has 2 aromatic carbocycles. The van der Waals surface area contributed by atoms with Gasteiger partial charge in [-0.1, -0.05) is 24.3 Å². The van der Waals surface area contributed by atoms with Crippen molar-refractivity contribution in [1.29, 1.82) is 0 Å². The smallest absolute Gasteiger partial charge is 0.354 e. The Morgan fingerprint density at radius 1 is 1.06 bits per heavy atom. The molecule has 0 aliphatic carbocycles. The van der Waals surface area contributed by atoms with Crippen molar-refractivity contribution in [2.24, 2.45) is 0 Å². The van der Waals surface area contributed by atoms with Crippen molar-refractivity contribution >= 4 is 22.9 Å². The lowest BCUT2D eigenvalue weighted by Gasteiger charge is -2.20. The summed E-state index contributed by atoms with van der Waals surface area (Å²) in [6.45, 7) is -1.21. The number of alkyl halides is 6. The van der Waals surface area contributed by atoms with Crippen LogP contribution in [0, 0.1) is 0 Å². The van der Waals surface area contributed by atoms with E-state index in [1.165, 1.54) is 12.1 Å². The number of fused-ring (bicyclic) bond motifs is 1. The fraction of sp³-hybridized carbons (Fsp3) is 0.300. The third kappa shape index (κ3) is 6.61. The number of hydrogen-bond acceptors (Lipinski definition) is 4. The van der Waals surface area contributed by atoms with Gasteiger partial charge in [0.15, 0.2) is 0 Å². The lowest BCUT2D eigenvalue weighted by atomic mass is 10.0. The molecular weight excluding hydrogens is 442 g/mol. The van der Waals surface area contributed by atoms with E-state index in [0.717, 1.165) is 12.1 Å². The molecule has 172 valence electrons. The fourth-order valence-electron chi connectivity index (χ4n) is 2.98. The number of carbonyl (C=O) groups excluding carboxylic acids is 1. The molecule has 3 rings (SSSR count). The minimum absolute atomic E-state index is 0.155. The maximum atomic E-state index is 13.1. The van der Waals surface area contributed by atoms with E-state index < -0.39 is 43.2 Å². The van der Waals surface area contributed by atoms with Gasteiger partial charge in [0.05, 0.1) is 35.7 Å². The zero-order valence-electron chi connectivity index (χ0n) is 16.3. The average Bonchev–Trinajstić information content (AvgIpc) is 3.12. The van der Waals surface area contributed by atoms with Gasteiger partial charge in [-0.2, -0.15) is 13.2 Å². The molecule has 0 bridgehead atoms.